The van der Waals surface area contributed by atoms with Gasteiger partial charge in [-0.15, -0.1) is 0 Å². The van der Waals surface area contributed by atoms with E-state index in [-0.39, 0.29) is 15.4 Å². The van der Waals surface area contributed by atoms with E-state index in [9.17, 15) is 21.2 Å². The first-order valence-electron chi connectivity index (χ1n) is 9.07. The molecule has 0 aliphatic carbocycles. The molecule has 1 heterocycles. The number of aryl methyl sites for hydroxylation is 2. The van der Waals surface area contributed by atoms with Crippen LogP contribution in [0.3, 0.4) is 0 Å². The van der Waals surface area contributed by atoms with Crippen molar-refractivity contribution in [2.45, 2.75) is 28.9 Å². The van der Waals surface area contributed by atoms with E-state index in [1.165, 1.54) is 43.6 Å². The van der Waals surface area contributed by atoms with Crippen LogP contribution in [0.15, 0.2) is 76.8 Å². The Morgan fingerprint density at radius 1 is 0.967 bits per heavy atom. The second-order valence-electron chi connectivity index (χ2n) is 6.90. The molecule has 0 bridgehead atoms. The highest BCUT2D eigenvalue weighted by molar-refractivity contribution is 7.92. The van der Waals surface area contributed by atoms with Gasteiger partial charge >= 0.3 is 0 Å². The van der Waals surface area contributed by atoms with Crippen LogP contribution >= 0.6 is 0 Å². The van der Waals surface area contributed by atoms with Crippen LogP contribution in [0.5, 0.6) is 0 Å². The van der Waals surface area contributed by atoms with Crippen LogP contribution in [-0.2, 0) is 19.9 Å². The summed E-state index contributed by atoms with van der Waals surface area (Å²) in [7, 11) is -7.97. The third-order valence-electron chi connectivity index (χ3n) is 4.68. The van der Waals surface area contributed by atoms with Gasteiger partial charge in [-0.05, 0) is 61.4 Å². The van der Waals surface area contributed by atoms with Gasteiger partial charge < -0.3 is 0 Å². The molecule has 0 spiro atoms. The van der Waals surface area contributed by atoms with Crippen molar-refractivity contribution in [1.82, 2.24) is 9.71 Å². The van der Waals surface area contributed by atoms with Crippen molar-refractivity contribution in [3.05, 3.63) is 89.5 Å². The lowest BCUT2D eigenvalue weighted by atomic mass is 10.2. The van der Waals surface area contributed by atoms with Gasteiger partial charge in [0.15, 0.2) is 9.84 Å². The van der Waals surface area contributed by atoms with Crippen molar-refractivity contribution in [3.8, 4) is 0 Å². The van der Waals surface area contributed by atoms with E-state index >= 15 is 0 Å². The van der Waals surface area contributed by atoms with Gasteiger partial charge in [-0.3, -0.25) is 4.98 Å². The van der Waals surface area contributed by atoms with E-state index in [1.54, 1.807) is 24.3 Å². The summed E-state index contributed by atoms with van der Waals surface area (Å²) >= 11 is 0. The molecule has 3 rings (SSSR count). The number of aromatic nitrogens is 1. The zero-order valence-electron chi connectivity index (χ0n) is 16.4. The number of sulfonamides is 1. The molecule has 30 heavy (non-hydrogen) atoms. The topological polar surface area (TPSA) is 93.2 Å². The number of hydrogen-bond acceptors (Lipinski definition) is 5. The molecule has 0 unspecified atom stereocenters. The predicted molar refractivity (Wildman–Crippen MR) is 112 cm³/mol. The molecule has 1 N–H and O–H groups in total. The van der Waals surface area contributed by atoms with E-state index in [0.29, 0.717) is 5.56 Å². The Morgan fingerprint density at radius 3 is 2.23 bits per heavy atom. The van der Waals surface area contributed by atoms with Crippen LogP contribution in [0.2, 0.25) is 0 Å². The molecule has 1 atom stereocenters. The van der Waals surface area contributed by atoms with Crippen molar-refractivity contribution in [3.63, 3.8) is 0 Å². The number of rotatable bonds is 7. The molecule has 6 nitrogen and oxygen atoms in total. The lowest BCUT2D eigenvalue weighted by molar-refractivity contribution is 0.568. The predicted octanol–water partition coefficient (Wildman–Crippen LogP) is 3.33. The number of halogens is 1. The molecule has 0 saturated carbocycles. The summed E-state index contributed by atoms with van der Waals surface area (Å²) in [6, 6.07) is 12.9. The molecule has 0 saturated heterocycles. The molecule has 3 aromatic rings. The summed E-state index contributed by atoms with van der Waals surface area (Å²) in [4.78, 5) is 3.90. The Balaban J connectivity index is 1.97. The van der Waals surface area contributed by atoms with Gasteiger partial charge in [0.2, 0.25) is 10.0 Å². The number of benzene rings is 2. The highest BCUT2D eigenvalue weighted by Gasteiger charge is 2.31. The second kappa shape index (κ2) is 8.63. The molecule has 0 aliphatic heterocycles. The number of sulfone groups is 1. The smallest absolute Gasteiger partial charge is 0.240 e. The van der Waals surface area contributed by atoms with Crippen LogP contribution in [0, 0.1) is 19.7 Å². The summed E-state index contributed by atoms with van der Waals surface area (Å²) in [6.07, 6.45) is 2.87. The number of nitrogens with one attached hydrogen (secondary N) is 1. The number of hydrogen-bond donors (Lipinski definition) is 1. The lowest BCUT2D eigenvalue weighted by Crippen LogP contribution is -2.32. The van der Waals surface area contributed by atoms with Crippen molar-refractivity contribution in [1.29, 1.82) is 0 Å². The van der Waals surface area contributed by atoms with Gasteiger partial charge in [0.05, 0.1) is 9.79 Å². The quantitative estimate of drug-likeness (QED) is 0.560. The number of pyridine rings is 1. The van der Waals surface area contributed by atoms with Crippen molar-refractivity contribution in [2.24, 2.45) is 0 Å². The van der Waals surface area contributed by atoms with Gasteiger partial charge in [0.1, 0.15) is 11.1 Å². The van der Waals surface area contributed by atoms with Gasteiger partial charge in [-0.1, -0.05) is 23.8 Å². The third-order valence-corrected chi connectivity index (χ3v) is 8.22. The monoisotopic (exact) mass is 448 g/mol. The second-order valence-corrected chi connectivity index (χ2v) is 10.8. The van der Waals surface area contributed by atoms with Gasteiger partial charge in [0.25, 0.3) is 0 Å². The summed E-state index contributed by atoms with van der Waals surface area (Å²) in [5, 5.41) is -1.24. The van der Waals surface area contributed by atoms with E-state index in [2.05, 4.69) is 9.71 Å². The fourth-order valence-electron chi connectivity index (χ4n) is 2.92. The first kappa shape index (κ1) is 22.1. The first-order chi connectivity index (χ1) is 14.1. The normalized spacial score (nSPS) is 13.2. The maximum atomic E-state index is 13.6. The van der Waals surface area contributed by atoms with E-state index in [0.717, 1.165) is 11.6 Å². The van der Waals surface area contributed by atoms with E-state index < -0.39 is 37.5 Å². The Kier molecular flexibility index (Phi) is 6.35. The zero-order chi connectivity index (χ0) is 21.9. The van der Waals surface area contributed by atoms with Crippen LogP contribution < -0.4 is 4.72 Å². The van der Waals surface area contributed by atoms with E-state index in [4.69, 9.17) is 0 Å². The largest absolute Gasteiger partial charge is 0.264 e. The maximum Gasteiger partial charge on any atom is 0.240 e. The zero-order valence-corrected chi connectivity index (χ0v) is 18.0. The van der Waals surface area contributed by atoms with Crippen LogP contribution in [0.25, 0.3) is 0 Å². The Bertz CT molecular complexity index is 1240. The summed E-state index contributed by atoms with van der Waals surface area (Å²) in [5.74, 6) is -0.521. The Hall–Kier alpha value is -2.62. The van der Waals surface area contributed by atoms with Gasteiger partial charge in [0, 0.05) is 18.9 Å². The minimum absolute atomic E-state index is 0.0352. The Morgan fingerprint density at radius 2 is 1.63 bits per heavy atom. The standard InChI is InChI=1S/C21H21FN2O4S2/c1-15-5-7-18(8-6-15)30(27,28)24-14-21(17-4-3-11-23-13-17)29(25,26)19-9-10-20(22)16(2)12-19/h3-13,21,24H,14H2,1-2H3/t21-/m1/s1. The van der Waals surface area contributed by atoms with Gasteiger partial charge in [-0.25, -0.2) is 25.9 Å². The molecule has 9 heteroatoms. The summed E-state index contributed by atoms with van der Waals surface area (Å²) < 4.78 is 68.0. The lowest BCUT2D eigenvalue weighted by Gasteiger charge is -2.19. The number of nitrogens with zero attached hydrogens (tertiary/aromatic N) is 1. The fraction of sp³-hybridized carbons (Fsp3) is 0.190. The highest BCUT2D eigenvalue weighted by atomic mass is 32.2. The third kappa shape index (κ3) is 4.75. The van der Waals surface area contributed by atoms with Crippen molar-refractivity contribution in [2.75, 3.05) is 6.54 Å². The first-order valence-corrected chi connectivity index (χ1v) is 12.1. The fourth-order valence-corrected chi connectivity index (χ4v) is 5.80. The summed E-state index contributed by atoms with van der Waals surface area (Å²) in [5.41, 5.74) is 1.41. The highest BCUT2D eigenvalue weighted by Crippen LogP contribution is 2.29. The maximum absolute atomic E-state index is 13.6. The minimum Gasteiger partial charge on any atom is -0.264 e. The molecule has 1 aromatic heterocycles. The van der Waals surface area contributed by atoms with Crippen LogP contribution in [-0.4, -0.2) is 28.4 Å². The molecular formula is C21H21FN2O4S2. The molecular weight excluding hydrogens is 427 g/mol. The molecule has 0 fully saturated rings. The Labute approximate surface area is 175 Å². The summed E-state index contributed by atoms with van der Waals surface area (Å²) in [6.45, 7) is 2.90. The van der Waals surface area contributed by atoms with Crippen molar-refractivity contribution >= 4 is 19.9 Å². The molecule has 2 aromatic carbocycles. The molecule has 158 valence electrons. The molecule has 0 amide bonds. The molecule has 0 radical (unpaired) electrons. The average molecular weight is 449 g/mol. The van der Waals surface area contributed by atoms with Crippen LogP contribution in [0.1, 0.15) is 21.9 Å². The average Bonchev–Trinajstić information content (AvgIpc) is 2.71. The van der Waals surface area contributed by atoms with Gasteiger partial charge in [-0.2, -0.15) is 0 Å². The van der Waals surface area contributed by atoms with E-state index in [1.807, 2.05) is 6.92 Å². The molecule has 0 aliphatic rings. The van der Waals surface area contributed by atoms with Crippen molar-refractivity contribution < 1.29 is 21.2 Å². The van der Waals surface area contributed by atoms with Crippen LogP contribution in [0.4, 0.5) is 4.39 Å². The SMILES string of the molecule is Cc1ccc(S(=O)(=O)NC[C@H](c2cccnc2)S(=O)(=O)c2ccc(F)c(C)c2)cc1. The minimum atomic E-state index is -4.04.